The van der Waals surface area contributed by atoms with Crippen LogP contribution in [0.25, 0.3) is 0 Å². The van der Waals surface area contributed by atoms with E-state index >= 15 is 0 Å². The third-order valence-corrected chi connectivity index (χ3v) is 4.11. The Bertz CT molecular complexity index is 454. The van der Waals surface area contributed by atoms with Crippen molar-refractivity contribution in [2.45, 2.75) is 50.5 Å². The molecule has 0 radical (unpaired) electrons. The number of hydrogen-bond acceptors (Lipinski definition) is 2. The molecule has 110 valence electrons. The predicted octanol–water partition coefficient (Wildman–Crippen LogP) is 2.49. The molecule has 1 amide bonds. The van der Waals surface area contributed by atoms with Gasteiger partial charge in [0.05, 0.1) is 5.41 Å². The Labute approximate surface area is 119 Å². The Morgan fingerprint density at radius 3 is 2.55 bits per heavy atom. The van der Waals surface area contributed by atoms with E-state index in [0.717, 1.165) is 37.7 Å². The highest BCUT2D eigenvalue weighted by molar-refractivity contribution is 5.91. The first-order chi connectivity index (χ1) is 9.62. The van der Waals surface area contributed by atoms with Crippen LogP contribution in [-0.2, 0) is 10.2 Å². The quantitative estimate of drug-likeness (QED) is 0.805. The molecule has 1 aromatic carbocycles. The van der Waals surface area contributed by atoms with E-state index in [1.165, 1.54) is 12.1 Å². The molecule has 0 heterocycles. The third-order valence-electron chi connectivity index (χ3n) is 4.11. The molecule has 0 aromatic heterocycles. The summed E-state index contributed by atoms with van der Waals surface area (Å²) < 4.78 is 13.0. The zero-order valence-corrected chi connectivity index (χ0v) is 12.0. The van der Waals surface area contributed by atoms with Gasteiger partial charge in [0.25, 0.3) is 0 Å². The van der Waals surface area contributed by atoms with Crippen molar-refractivity contribution in [1.29, 1.82) is 0 Å². The fourth-order valence-corrected chi connectivity index (χ4v) is 2.56. The highest BCUT2D eigenvalue weighted by atomic mass is 19.1. The lowest BCUT2D eigenvalue weighted by atomic mass is 9.94. The van der Waals surface area contributed by atoms with Crippen molar-refractivity contribution in [2.24, 2.45) is 5.73 Å². The van der Waals surface area contributed by atoms with Gasteiger partial charge in [-0.25, -0.2) is 4.39 Å². The number of amides is 1. The van der Waals surface area contributed by atoms with Crippen molar-refractivity contribution in [3.05, 3.63) is 35.6 Å². The van der Waals surface area contributed by atoms with Gasteiger partial charge in [-0.05, 0) is 37.0 Å². The van der Waals surface area contributed by atoms with Gasteiger partial charge >= 0.3 is 0 Å². The van der Waals surface area contributed by atoms with Crippen LogP contribution in [0.1, 0.15) is 44.6 Å². The minimum atomic E-state index is -0.451. The summed E-state index contributed by atoms with van der Waals surface area (Å²) in [7, 11) is 0. The van der Waals surface area contributed by atoms with E-state index in [4.69, 9.17) is 5.73 Å². The van der Waals surface area contributed by atoms with Gasteiger partial charge in [-0.15, -0.1) is 0 Å². The van der Waals surface area contributed by atoms with E-state index in [2.05, 4.69) is 12.2 Å². The molecule has 0 spiro atoms. The Balaban J connectivity index is 2.02. The van der Waals surface area contributed by atoms with Crippen LogP contribution in [0.15, 0.2) is 24.3 Å². The van der Waals surface area contributed by atoms with Crippen molar-refractivity contribution in [2.75, 3.05) is 6.54 Å². The summed E-state index contributed by atoms with van der Waals surface area (Å²) in [4.78, 5) is 12.5. The molecule has 1 aliphatic carbocycles. The number of unbranched alkanes of at least 4 members (excludes halogenated alkanes) is 1. The number of benzene rings is 1. The van der Waals surface area contributed by atoms with Crippen LogP contribution >= 0.6 is 0 Å². The number of hydrogen-bond donors (Lipinski definition) is 2. The van der Waals surface area contributed by atoms with Crippen LogP contribution in [0.3, 0.4) is 0 Å². The van der Waals surface area contributed by atoms with Crippen LogP contribution in [0.5, 0.6) is 0 Å². The van der Waals surface area contributed by atoms with E-state index in [-0.39, 0.29) is 17.8 Å². The zero-order valence-electron chi connectivity index (χ0n) is 12.0. The summed E-state index contributed by atoms with van der Waals surface area (Å²) in [6, 6.07) is 6.30. The highest BCUT2D eigenvalue weighted by Crippen LogP contribution is 2.48. The first-order valence-electron chi connectivity index (χ1n) is 7.39. The van der Waals surface area contributed by atoms with Gasteiger partial charge in [0.15, 0.2) is 0 Å². The minimum absolute atomic E-state index is 0.0376. The maximum Gasteiger partial charge on any atom is 0.230 e. The average molecular weight is 278 g/mol. The summed E-state index contributed by atoms with van der Waals surface area (Å²) in [6.45, 7) is 2.58. The maximum absolute atomic E-state index is 13.0. The molecule has 4 heteroatoms. The Morgan fingerprint density at radius 1 is 1.40 bits per heavy atom. The molecule has 0 bridgehead atoms. The second kappa shape index (κ2) is 6.35. The number of nitrogens with two attached hydrogens (primary N) is 1. The molecule has 20 heavy (non-hydrogen) atoms. The smallest absolute Gasteiger partial charge is 0.230 e. The zero-order chi connectivity index (χ0) is 14.6. The summed E-state index contributed by atoms with van der Waals surface area (Å²) in [5, 5.41) is 3.06. The number of nitrogens with one attached hydrogen (secondary N) is 1. The van der Waals surface area contributed by atoms with Gasteiger partial charge < -0.3 is 11.1 Å². The standard InChI is InChI=1S/C16H23FN2O/c1-2-3-4-14(11-18)19-15(20)16(9-10-16)12-5-7-13(17)8-6-12/h5-8,14H,2-4,9-11,18H2,1H3,(H,19,20). The van der Waals surface area contributed by atoms with E-state index in [1.807, 2.05) is 0 Å². The van der Waals surface area contributed by atoms with Crippen LogP contribution < -0.4 is 11.1 Å². The van der Waals surface area contributed by atoms with Crippen molar-refractivity contribution < 1.29 is 9.18 Å². The molecular formula is C16H23FN2O. The van der Waals surface area contributed by atoms with Gasteiger partial charge in [-0.1, -0.05) is 31.9 Å². The van der Waals surface area contributed by atoms with Crippen LogP contribution in [0.4, 0.5) is 4.39 Å². The molecule has 1 atom stereocenters. The number of carbonyl (C=O) groups excluding carboxylic acids is 1. The second-order valence-corrected chi connectivity index (χ2v) is 5.64. The Kier molecular flexibility index (Phi) is 4.76. The molecule has 1 saturated carbocycles. The van der Waals surface area contributed by atoms with E-state index in [0.29, 0.717) is 6.54 Å². The summed E-state index contributed by atoms with van der Waals surface area (Å²) in [6.07, 6.45) is 4.73. The molecule has 3 nitrogen and oxygen atoms in total. The van der Waals surface area contributed by atoms with E-state index in [9.17, 15) is 9.18 Å². The van der Waals surface area contributed by atoms with Crippen molar-refractivity contribution in [1.82, 2.24) is 5.32 Å². The first kappa shape index (κ1) is 15.0. The van der Waals surface area contributed by atoms with Gasteiger partial charge in [0, 0.05) is 12.6 Å². The number of carbonyl (C=O) groups is 1. The molecule has 1 unspecified atom stereocenters. The molecule has 0 saturated heterocycles. The molecule has 3 N–H and O–H groups in total. The second-order valence-electron chi connectivity index (χ2n) is 5.64. The highest BCUT2D eigenvalue weighted by Gasteiger charge is 2.51. The average Bonchev–Trinajstić information content (AvgIpc) is 3.25. The largest absolute Gasteiger partial charge is 0.351 e. The normalized spacial score (nSPS) is 17.6. The minimum Gasteiger partial charge on any atom is -0.351 e. The fourth-order valence-electron chi connectivity index (χ4n) is 2.56. The number of halogens is 1. The van der Waals surface area contributed by atoms with Crippen molar-refractivity contribution in [3.8, 4) is 0 Å². The van der Waals surface area contributed by atoms with Gasteiger partial charge in [0.2, 0.25) is 5.91 Å². The lowest BCUT2D eigenvalue weighted by Gasteiger charge is -2.21. The van der Waals surface area contributed by atoms with Crippen molar-refractivity contribution in [3.63, 3.8) is 0 Å². The van der Waals surface area contributed by atoms with Gasteiger partial charge in [-0.3, -0.25) is 4.79 Å². The Morgan fingerprint density at radius 2 is 2.05 bits per heavy atom. The molecule has 0 aliphatic heterocycles. The summed E-state index contributed by atoms with van der Waals surface area (Å²) >= 11 is 0. The van der Waals surface area contributed by atoms with Gasteiger partial charge in [-0.2, -0.15) is 0 Å². The van der Waals surface area contributed by atoms with Gasteiger partial charge in [0.1, 0.15) is 5.82 Å². The molecule has 1 fully saturated rings. The van der Waals surface area contributed by atoms with Crippen LogP contribution in [0, 0.1) is 5.82 Å². The topological polar surface area (TPSA) is 55.1 Å². The predicted molar refractivity (Wildman–Crippen MR) is 77.8 cm³/mol. The lowest BCUT2D eigenvalue weighted by molar-refractivity contribution is -0.124. The van der Waals surface area contributed by atoms with E-state index in [1.54, 1.807) is 12.1 Å². The molecule has 1 aliphatic rings. The lowest BCUT2D eigenvalue weighted by Crippen LogP contribution is -2.45. The maximum atomic E-state index is 13.0. The fraction of sp³-hybridized carbons (Fsp3) is 0.562. The third kappa shape index (κ3) is 3.18. The van der Waals surface area contributed by atoms with Crippen molar-refractivity contribution >= 4 is 5.91 Å². The molecule has 2 rings (SSSR count). The number of rotatable bonds is 7. The molecular weight excluding hydrogens is 255 g/mol. The van der Waals surface area contributed by atoms with Crippen LogP contribution in [-0.4, -0.2) is 18.5 Å². The van der Waals surface area contributed by atoms with E-state index < -0.39 is 5.41 Å². The molecule has 1 aromatic rings. The SMILES string of the molecule is CCCCC(CN)NC(=O)C1(c2ccc(F)cc2)CC1. The Hall–Kier alpha value is -1.42. The monoisotopic (exact) mass is 278 g/mol. The summed E-state index contributed by atoms with van der Waals surface area (Å²) in [5.74, 6) is -0.233. The first-order valence-corrected chi connectivity index (χ1v) is 7.39. The summed E-state index contributed by atoms with van der Waals surface area (Å²) in [5.41, 5.74) is 6.17. The van der Waals surface area contributed by atoms with Crippen LogP contribution in [0.2, 0.25) is 0 Å².